The maximum absolute atomic E-state index is 9.13. The van der Waals surface area contributed by atoms with Gasteiger partial charge in [0.2, 0.25) is 0 Å². The lowest BCUT2D eigenvalue weighted by Gasteiger charge is -2.21. The lowest BCUT2D eigenvalue weighted by molar-refractivity contribution is 0.143. The molecule has 0 aromatic carbocycles. The van der Waals surface area contributed by atoms with Crippen LogP contribution in [0.1, 0.15) is 6.42 Å². The molecule has 2 N–H and O–H groups in total. The molecule has 0 aromatic heterocycles. The number of rotatable bonds is 6. The van der Waals surface area contributed by atoms with E-state index in [0.29, 0.717) is 12.5 Å². The van der Waals surface area contributed by atoms with Gasteiger partial charge < -0.3 is 19.9 Å². The molecule has 2 unspecified atom stereocenters. The minimum Gasteiger partial charge on any atom is -0.395 e. The highest BCUT2D eigenvalue weighted by Gasteiger charge is 2.24. The summed E-state index contributed by atoms with van der Waals surface area (Å²) in [7, 11) is 1.67. The Labute approximate surface area is 79.2 Å². The van der Waals surface area contributed by atoms with E-state index in [1.807, 2.05) is 0 Å². The van der Waals surface area contributed by atoms with Crippen molar-refractivity contribution in [2.75, 3.05) is 40.1 Å². The smallest absolute Gasteiger partial charge is 0.0588 e. The van der Waals surface area contributed by atoms with Gasteiger partial charge in [-0.05, 0) is 6.42 Å². The van der Waals surface area contributed by atoms with Crippen molar-refractivity contribution in [3.05, 3.63) is 0 Å². The second-order valence-corrected chi connectivity index (χ2v) is 3.36. The van der Waals surface area contributed by atoms with Crippen LogP contribution >= 0.6 is 0 Å². The Morgan fingerprint density at radius 1 is 1.69 bits per heavy atom. The number of hydrogen-bond donors (Lipinski definition) is 2. The van der Waals surface area contributed by atoms with Crippen molar-refractivity contribution >= 4 is 0 Å². The van der Waals surface area contributed by atoms with Gasteiger partial charge in [-0.15, -0.1) is 0 Å². The zero-order chi connectivity index (χ0) is 9.52. The standard InChI is InChI=1S/C9H19NO3/c1-12-5-3-10-9(6-11)8-2-4-13-7-8/h8-11H,2-7H2,1H3. The summed E-state index contributed by atoms with van der Waals surface area (Å²) in [5.41, 5.74) is 0. The van der Waals surface area contributed by atoms with Crippen molar-refractivity contribution in [2.45, 2.75) is 12.5 Å². The molecule has 78 valence electrons. The second kappa shape index (κ2) is 6.32. The number of methoxy groups -OCH3 is 1. The van der Waals surface area contributed by atoms with Crippen molar-refractivity contribution in [2.24, 2.45) is 5.92 Å². The molecule has 1 rings (SSSR count). The third-order valence-corrected chi connectivity index (χ3v) is 2.44. The first kappa shape index (κ1) is 10.9. The molecule has 4 nitrogen and oxygen atoms in total. The lowest BCUT2D eigenvalue weighted by Crippen LogP contribution is -2.41. The van der Waals surface area contributed by atoms with E-state index in [9.17, 15) is 0 Å². The number of aliphatic hydroxyl groups excluding tert-OH is 1. The summed E-state index contributed by atoms with van der Waals surface area (Å²) < 4.78 is 10.2. The average molecular weight is 189 g/mol. The molecular formula is C9H19NO3. The number of nitrogens with one attached hydrogen (secondary N) is 1. The minimum atomic E-state index is 0.164. The lowest BCUT2D eigenvalue weighted by atomic mass is 10.00. The van der Waals surface area contributed by atoms with Gasteiger partial charge in [0.1, 0.15) is 0 Å². The highest BCUT2D eigenvalue weighted by atomic mass is 16.5. The SMILES string of the molecule is COCCNC(CO)C1CCOC1. The topological polar surface area (TPSA) is 50.7 Å². The largest absolute Gasteiger partial charge is 0.395 e. The van der Waals surface area contributed by atoms with Crippen LogP contribution in [0.15, 0.2) is 0 Å². The van der Waals surface area contributed by atoms with Gasteiger partial charge in [0, 0.05) is 32.2 Å². The van der Waals surface area contributed by atoms with E-state index in [4.69, 9.17) is 14.6 Å². The fourth-order valence-corrected chi connectivity index (χ4v) is 1.60. The molecule has 1 aliphatic heterocycles. The quantitative estimate of drug-likeness (QED) is 0.559. The molecule has 1 heterocycles. The van der Waals surface area contributed by atoms with E-state index in [-0.39, 0.29) is 12.6 Å². The van der Waals surface area contributed by atoms with E-state index in [2.05, 4.69) is 5.32 Å². The highest BCUT2D eigenvalue weighted by molar-refractivity contribution is 4.78. The summed E-state index contributed by atoms with van der Waals surface area (Å²) >= 11 is 0. The van der Waals surface area contributed by atoms with E-state index in [0.717, 1.165) is 26.2 Å². The van der Waals surface area contributed by atoms with E-state index in [1.54, 1.807) is 7.11 Å². The van der Waals surface area contributed by atoms with Crippen LogP contribution < -0.4 is 5.32 Å². The summed E-state index contributed by atoms with van der Waals surface area (Å²) in [4.78, 5) is 0. The molecule has 0 radical (unpaired) electrons. The Morgan fingerprint density at radius 3 is 3.08 bits per heavy atom. The van der Waals surface area contributed by atoms with Crippen LogP contribution in [0.2, 0.25) is 0 Å². The van der Waals surface area contributed by atoms with Crippen molar-refractivity contribution in [3.8, 4) is 0 Å². The molecule has 1 fully saturated rings. The maximum Gasteiger partial charge on any atom is 0.0588 e. The van der Waals surface area contributed by atoms with Crippen molar-refractivity contribution in [1.29, 1.82) is 0 Å². The van der Waals surface area contributed by atoms with Crippen molar-refractivity contribution < 1.29 is 14.6 Å². The van der Waals surface area contributed by atoms with Crippen LogP contribution in [0.5, 0.6) is 0 Å². The Morgan fingerprint density at radius 2 is 2.54 bits per heavy atom. The van der Waals surface area contributed by atoms with Crippen LogP contribution in [0, 0.1) is 5.92 Å². The Hall–Kier alpha value is -0.160. The van der Waals surface area contributed by atoms with Gasteiger partial charge in [-0.3, -0.25) is 0 Å². The Bertz CT molecular complexity index is 126. The van der Waals surface area contributed by atoms with Gasteiger partial charge in [-0.25, -0.2) is 0 Å². The van der Waals surface area contributed by atoms with Crippen molar-refractivity contribution in [3.63, 3.8) is 0 Å². The molecule has 0 amide bonds. The fourth-order valence-electron chi connectivity index (χ4n) is 1.60. The van der Waals surface area contributed by atoms with E-state index in [1.165, 1.54) is 0 Å². The monoisotopic (exact) mass is 189 g/mol. The molecule has 0 bridgehead atoms. The summed E-state index contributed by atoms with van der Waals surface area (Å²) in [6, 6.07) is 0.164. The second-order valence-electron chi connectivity index (χ2n) is 3.36. The Kier molecular flexibility index (Phi) is 5.31. The normalized spacial score (nSPS) is 24.9. The summed E-state index contributed by atoms with van der Waals surface area (Å²) in [5.74, 6) is 0.460. The molecule has 4 heteroatoms. The Balaban J connectivity index is 2.16. The predicted molar refractivity (Wildman–Crippen MR) is 49.7 cm³/mol. The number of hydrogen-bond acceptors (Lipinski definition) is 4. The summed E-state index contributed by atoms with van der Waals surface area (Å²) in [6.45, 7) is 3.25. The molecule has 2 atom stereocenters. The molecule has 0 aromatic rings. The minimum absolute atomic E-state index is 0.164. The van der Waals surface area contributed by atoms with E-state index >= 15 is 0 Å². The first-order valence-electron chi connectivity index (χ1n) is 4.79. The third kappa shape index (κ3) is 3.60. The molecule has 0 aliphatic carbocycles. The zero-order valence-corrected chi connectivity index (χ0v) is 8.16. The number of ether oxygens (including phenoxy) is 2. The maximum atomic E-state index is 9.13. The average Bonchev–Trinajstić information content (AvgIpc) is 2.65. The van der Waals surface area contributed by atoms with Crippen LogP contribution in [0.3, 0.4) is 0 Å². The number of aliphatic hydroxyl groups is 1. The molecule has 1 saturated heterocycles. The fraction of sp³-hybridized carbons (Fsp3) is 1.00. The van der Waals surface area contributed by atoms with Crippen LogP contribution in [-0.2, 0) is 9.47 Å². The highest BCUT2D eigenvalue weighted by Crippen LogP contribution is 2.16. The van der Waals surface area contributed by atoms with Gasteiger partial charge in [0.25, 0.3) is 0 Å². The van der Waals surface area contributed by atoms with Gasteiger partial charge in [0.05, 0.1) is 19.8 Å². The predicted octanol–water partition coefficient (Wildman–Crippen LogP) is -0.380. The van der Waals surface area contributed by atoms with Gasteiger partial charge >= 0.3 is 0 Å². The summed E-state index contributed by atoms with van der Waals surface area (Å²) in [5, 5.41) is 12.4. The van der Waals surface area contributed by atoms with Crippen molar-refractivity contribution in [1.82, 2.24) is 5.32 Å². The van der Waals surface area contributed by atoms with Gasteiger partial charge in [0.15, 0.2) is 0 Å². The molecule has 0 saturated carbocycles. The summed E-state index contributed by atoms with van der Waals surface area (Å²) in [6.07, 6.45) is 1.05. The molecule has 0 spiro atoms. The van der Waals surface area contributed by atoms with Crippen LogP contribution in [-0.4, -0.2) is 51.2 Å². The van der Waals surface area contributed by atoms with E-state index < -0.39 is 0 Å². The van der Waals surface area contributed by atoms with Crippen LogP contribution in [0.4, 0.5) is 0 Å². The molecular weight excluding hydrogens is 170 g/mol. The first-order valence-corrected chi connectivity index (χ1v) is 4.79. The molecule has 1 aliphatic rings. The first-order chi connectivity index (χ1) is 6.38. The van der Waals surface area contributed by atoms with Gasteiger partial charge in [-0.2, -0.15) is 0 Å². The molecule has 13 heavy (non-hydrogen) atoms. The third-order valence-electron chi connectivity index (χ3n) is 2.44. The van der Waals surface area contributed by atoms with Gasteiger partial charge in [-0.1, -0.05) is 0 Å². The zero-order valence-electron chi connectivity index (χ0n) is 8.16. The van der Waals surface area contributed by atoms with Crippen LogP contribution in [0.25, 0.3) is 0 Å².